The van der Waals surface area contributed by atoms with Crippen LogP contribution in [0, 0.1) is 11.3 Å². The first-order valence-corrected chi connectivity index (χ1v) is 8.58. The molecule has 2 fully saturated rings. The third-order valence-electron chi connectivity index (χ3n) is 4.58. The van der Waals surface area contributed by atoms with Crippen molar-refractivity contribution in [2.75, 3.05) is 13.1 Å². The second-order valence-corrected chi connectivity index (χ2v) is 8.41. The fourth-order valence-corrected chi connectivity index (χ4v) is 4.42. The van der Waals surface area contributed by atoms with Crippen molar-refractivity contribution in [3.05, 3.63) is 24.0 Å². The average molecular weight is 348 g/mol. The minimum absolute atomic E-state index is 0.161. The molecule has 1 aromatic rings. The topological polar surface area (TPSA) is 67.3 Å². The van der Waals surface area contributed by atoms with E-state index >= 15 is 0 Å². The van der Waals surface area contributed by atoms with Crippen LogP contribution >= 0.6 is 0 Å². The van der Waals surface area contributed by atoms with E-state index in [-0.39, 0.29) is 11.3 Å². The highest BCUT2D eigenvalue weighted by molar-refractivity contribution is 7.92. The number of hydrogen-bond acceptors (Lipinski definition) is 4. The lowest BCUT2D eigenvalue weighted by Crippen LogP contribution is -2.61. The maximum Gasteiger partial charge on any atom is 0.501 e. The SMILES string of the molecule is O=CN1CC2(CC(Cc3cncc(S(=O)(=O)C(F)(F)F)c3)C2)C1. The highest BCUT2D eigenvalue weighted by Gasteiger charge is 2.52. The molecule has 0 N–H and O–H groups in total. The number of halogens is 3. The summed E-state index contributed by atoms with van der Waals surface area (Å²) in [5.74, 6) is 0.287. The van der Waals surface area contributed by atoms with Gasteiger partial charge < -0.3 is 4.90 Å². The number of nitrogens with zero attached hydrogens (tertiary/aromatic N) is 2. The van der Waals surface area contributed by atoms with E-state index in [0.717, 1.165) is 44.6 Å². The van der Waals surface area contributed by atoms with Gasteiger partial charge in [-0.15, -0.1) is 0 Å². The van der Waals surface area contributed by atoms with Gasteiger partial charge in [0.15, 0.2) is 0 Å². The zero-order valence-corrected chi connectivity index (χ0v) is 12.9. The van der Waals surface area contributed by atoms with Crippen LogP contribution in [0.5, 0.6) is 0 Å². The fourth-order valence-electron chi connectivity index (χ4n) is 3.65. The van der Waals surface area contributed by atoms with E-state index in [0.29, 0.717) is 12.0 Å². The standard InChI is InChI=1S/C14H15F3N2O3S/c15-14(16,17)23(21,22)12-2-10(5-18-6-12)1-11-3-13(4-11)7-19(8-13)9-20/h2,5-6,9,11H,1,3-4,7-8H2. The molecule has 1 amide bonds. The number of rotatable bonds is 4. The van der Waals surface area contributed by atoms with E-state index in [4.69, 9.17) is 0 Å². The molecule has 0 bridgehead atoms. The number of carbonyl (C=O) groups excluding carboxylic acids is 1. The van der Waals surface area contributed by atoms with E-state index < -0.39 is 20.2 Å². The molecule has 1 aromatic heterocycles. The summed E-state index contributed by atoms with van der Waals surface area (Å²) in [5.41, 5.74) is -4.67. The Morgan fingerprint density at radius 3 is 2.52 bits per heavy atom. The molecule has 2 heterocycles. The second kappa shape index (κ2) is 5.19. The summed E-state index contributed by atoms with van der Waals surface area (Å²) in [5, 5.41) is 0. The van der Waals surface area contributed by atoms with Crippen molar-refractivity contribution in [1.29, 1.82) is 0 Å². The van der Waals surface area contributed by atoms with Crippen LogP contribution in [0.1, 0.15) is 18.4 Å². The predicted octanol–water partition coefficient (Wildman–Crippen LogP) is 1.79. The van der Waals surface area contributed by atoms with Gasteiger partial charge in [0, 0.05) is 30.9 Å². The van der Waals surface area contributed by atoms with Crippen LogP contribution in [0.3, 0.4) is 0 Å². The average Bonchev–Trinajstić information content (AvgIpc) is 2.39. The summed E-state index contributed by atoms with van der Waals surface area (Å²) in [6, 6.07) is 1.05. The number of alkyl halides is 3. The van der Waals surface area contributed by atoms with Gasteiger partial charge in [0.1, 0.15) is 0 Å². The molecule has 0 aromatic carbocycles. The molecule has 5 nitrogen and oxygen atoms in total. The lowest BCUT2D eigenvalue weighted by Gasteiger charge is -2.58. The molecule has 0 atom stereocenters. The quantitative estimate of drug-likeness (QED) is 0.778. The first kappa shape index (κ1) is 16.2. The molecule has 9 heteroatoms. The van der Waals surface area contributed by atoms with Crippen LogP contribution in [0.25, 0.3) is 0 Å². The number of pyridine rings is 1. The van der Waals surface area contributed by atoms with Crippen LogP contribution in [0.4, 0.5) is 13.2 Å². The van der Waals surface area contributed by atoms with Gasteiger partial charge in [-0.3, -0.25) is 9.78 Å². The van der Waals surface area contributed by atoms with E-state index in [1.165, 1.54) is 6.20 Å². The first-order chi connectivity index (χ1) is 10.7. The molecule has 1 saturated heterocycles. The Morgan fingerprint density at radius 1 is 1.30 bits per heavy atom. The molecular formula is C14H15F3N2O3S. The highest BCUT2D eigenvalue weighted by atomic mass is 32.2. The molecule has 3 rings (SSSR count). The normalized spacial score (nSPS) is 20.9. The van der Waals surface area contributed by atoms with E-state index in [2.05, 4.69) is 4.98 Å². The number of carbonyl (C=O) groups is 1. The number of likely N-dealkylation sites (tertiary alicyclic amines) is 1. The van der Waals surface area contributed by atoms with Crippen molar-refractivity contribution in [3.63, 3.8) is 0 Å². The monoisotopic (exact) mass is 348 g/mol. The maximum atomic E-state index is 12.6. The van der Waals surface area contributed by atoms with Gasteiger partial charge in [0.05, 0.1) is 4.90 Å². The van der Waals surface area contributed by atoms with Crippen LogP contribution in [-0.2, 0) is 21.1 Å². The molecule has 1 saturated carbocycles. The molecule has 0 radical (unpaired) electrons. The first-order valence-electron chi connectivity index (χ1n) is 7.10. The third-order valence-corrected chi connectivity index (χ3v) is 6.03. The third kappa shape index (κ3) is 2.82. The number of sulfone groups is 1. The maximum absolute atomic E-state index is 12.6. The lowest BCUT2D eigenvalue weighted by atomic mass is 9.57. The highest BCUT2D eigenvalue weighted by Crippen LogP contribution is 2.52. The van der Waals surface area contributed by atoms with Crippen molar-refractivity contribution in [2.45, 2.75) is 29.7 Å². The van der Waals surface area contributed by atoms with Crippen molar-refractivity contribution >= 4 is 16.2 Å². The largest absolute Gasteiger partial charge is 0.501 e. The Balaban J connectivity index is 1.65. The van der Waals surface area contributed by atoms with Crippen molar-refractivity contribution in [1.82, 2.24) is 9.88 Å². The Kier molecular flexibility index (Phi) is 3.66. The Labute approximate surface area is 131 Å². The minimum atomic E-state index is -5.36. The Hall–Kier alpha value is -1.64. The molecule has 1 aliphatic carbocycles. The van der Waals surface area contributed by atoms with E-state index in [9.17, 15) is 26.4 Å². The van der Waals surface area contributed by atoms with Gasteiger partial charge in [-0.05, 0) is 36.8 Å². The molecule has 1 aliphatic heterocycles. The molecule has 126 valence electrons. The van der Waals surface area contributed by atoms with Gasteiger partial charge in [-0.1, -0.05) is 0 Å². The summed E-state index contributed by atoms with van der Waals surface area (Å²) in [6.45, 7) is 1.46. The zero-order valence-electron chi connectivity index (χ0n) is 12.1. The second-order valence-electron chi connectivity index (χ2n) is 6.47. The smallest absolute Gasteiger partial charge is 0.344 e. The summed E-state index contributed by atoms with van der Waals surface area (Å²) in [6.07, 6.45) is 5.23. The van der Waals surface area contributed by atoms with Crippen LogP contribution < -0.4 is 0 Å². The Morgan fingerprint density at radius 2 is 1.96 bits per heavy atom. The van der Waals surface area contributed by atoms with Crippen molar-refractivity contribution in [2.24, 2.45) is 11.3 Å². The van der Waals surface area contributed by atoms with Gasteiger partial charge in [0.2, 0.25) is 6.41 Å². The summed E-state index contributed by atoms with van der Waals surface area (Å²) in [4.78, 5) is 15.1. The van der Waals surface area contributed by atoms with Gasteiger partial charge in [-0.2, -0.15) is 13.2 Å². The van der Waals surface area contributed by atoms with E-state index in [1.54, 1.807) is 4.90 Å². The van der Waals surface area contributed by atoms with Crippen molar-refractivity contribution in [3.8, 4) is 0 Å². The predicted molar refractivity (Wildman–Crippen MR) is 74.0 cm³/mol. The van der Waals surface area contributed by atoms with Gasteiger partial charge >= 0.3 is 5.51 Å². The summed E-state index contributed by atoms with van der Waals surface area (Å²) in [7, 11) is -5.36. The lowest BCUT2D eigenvalue weighted by molar-refractivity contribution is -0.141. The summed E-state index contributed by atoms with van der Waals surface area (Å²) >= 11 is 0. The molecular weight excluding hydrogens is 333 g/mol. The molecule has 23 heavy (non-hydrogen) atoms. The van der Waals surface area contributed by atoms with Gasteiger partial charge in [-0.25, -0.2) is 8.42 Å². The fraction of sp³-hybridized carbons (Fsp3) is 0.571. The number of hydrogen-bond donors (Lipinski definition) is 0. The van der Waals surface area contributed by atoms with E-state index in [1.807, 2.05) is 0 Å². The molecule has 2 aliphatic rings. The Bertz CT molecular complexity index is 719. The molecule has 0 unspecified atom stereocenters. The zero-order chi connectivity index (χ0) is 16.9. The number of amides is 1. The summed E-state index contributed by atoms with van der Waals surface area (Å²) < 4.78 is 60.5. The van der Waals surface area contributed by atoms with Crippen LogP contribution in [0.2, 0.25) is 0 Å². The van der Waals surface area contributed by atoms with Crippen molar-refractivity contribution < 1.29 is 26.4 Å². The van der Waals surface area contributed by atoms with Crippen LogP contribution in [0.15, 0.2) is 23.4 Å². The molecule has 1 spiro atoms. The van der Waals surface area contributed by atoms with Crippen LogP contribution in [-0.4, -0.2) is 43.3 Å². The van der Waals surface area contributed by atoms with Gasteiger partial charge in [0.25, 0.3) is 9.84 Å². The number of aromatic nitrogens is 1. The minimum Gasteiger partial charge on any atom is -0.344 e.